The summed E-state index contributed by atoms with van der Waals surface area (Å²) in [6, 6.07) is 7.85. The third-order valence-corrected chi connectivity index (χ3v) is 5.98. The number of rotatable bonds is 6. The predicted octanol–water partition coefficient (Wildman–Crippen LogP) is 3.91. The summed E-state index contributed by atoms with van der Waals surface area (Å²) >= 11 is 0. The van der Waals surface area contributed by atoms with Gasteiger partial charge in [-0.1, -0.05) is 18.2 Å². The zero-order valence-electron chi connectivity index (χ0n) is 17.0. The van der Waals surface area contributed by atoms with Gasteiger partial charge in [-0.3, -0.25) is 9.59 Å². The highest BCUT2D eigenvalue weighted by molar-refractivity contribution is 5.93. The molecule has 1 aliphatic heterocycles. The number of likely N-dealkylation sites (tertiary alicyclic amines) is 1. The van der Waals surface area contributed by atoms with Crippen LogP contribution in [0.2, 0.25) is 0 Å². The van der Waals surface area contributed by atoms with Crippen LogP contribution in [0, 0.1) is 5.41 Å². The van der Waals surface area contributed by atoms with Crippen LogP contribution in [0.25, 0.3) is 0 Å². The van der Waals surface area contributed by atoms with Gasteiger partial charge in [0.15, 0.2) is 0 Å². The highest BCUT2D eigenvalue weighted by Crippen LogP contribution is 2.37. The first-order valence-corrected chi connectivity index (χ1v) is 10.4. The number of piperidine rings is 1. The lowest BCUT2D eigenvalue weighted by atomic mass is 9.73. The van der Waals surface area contributed by atoms with E-state index in [1.807, 2.05) is 36.1 Å². The number of esters is 1. The van der Waals surface area contributed by atoms with Gasteiger partial charge in [-0.15, -0.1) is 0 Å². The Morgan fingerprint density at radius 2 is 1.82 bits per heavy atom. The summed E-state index contributed by atoms with van der Waals surface area (Å²) in [6.45, 7) is 3.42. The van der Waals surface area contributed by atoms with Gasteiger partial charge in [0.25, 0.3) is 0 Å². The minimum absolute atomic E-state index is 0.144. The number of allylic oxidation sites excluding steroid dienone is 1. The fraction of sp³-hybridized carbons (Fsp3) is 0.565. The van der Waals surface area contributed by atoms with Gasteiger partial charge in [0.05, 0.1) is 19.1 Å². The number of hydrogen-bond donors (Lipinski definition) is 0. The molecule has 0 unspecified atom stereocenters. The van der Waals surface area contributed by atoms with Gasteiger partial charge in [0, 0.05) is 18.7 Å². The first-order chi connectivity index (χ1) is 13.6. The highest BCUT2D eigenvalue weighted by atomic mass is 16.5. The van der Waals surface area contributed by atoms with Crippen LogP contribution < -0.4 is 4.74 Å². The summed E-state index contributed by atoms with van der Waals surface area (Å²) in [5.74, 6) is 0.812. The molecule has 0 atom stereocenters. The van der Waals surface area contributed by atoms with Gasteiger partial charge in [0.2, 0.25) is 5.91 Å². The summed E-state index contributed by atoms with van der Waals surface area (Å²) in [5, 5.41) is 0. The number of ether oxygens (including phenoxy) is 2. The van der Waals surface area contributed by atoms with E-state index in [2.05, 4.69) is 6.08 Å². The Balaban J connectivity index is 1.71. The van der Waals surface area contributed by atoms with Crippen molar-refractivity contribution in [3.05, 3.63) is 41.5 Å². The molecule has 0 aromatic heterocycles. The van der Waals surface area contributed by atoms with E-state index in [0.717, 1.165) is 36.1 Å². The summed E-state index contributed by atoms with van der Waals surface area (Å²) in [6.07, 6.45) is 8.13. The summed E-state index contributed by atoms with van der Waals surface area (Å²) < 4.78 is 10.7. The molecule has 1 aliphatic carbocycles. The van der Waals surface area contributed by atoms with Crippen molar-refractivity contribution in [1.29, 1.82) is 0 Å². The number of hydrogen-bond acceptors (Lipinski definition) is 4. The first kappa shape index (κ1) is 20.4. The molecule has 1 saturated heterocycles. The van der Waals surface area contributed by atoms with Gasteiger partial charge in [-0.05, 0) is 69.6 Å². The fourth-order valence-corrected chi connectivity index (χ4v) is 4.24. The molecular formula is C23H31NO4. The standard InChI is InChI=1S/C23H31NO4/c1-3-28-22(26)23(17-18-9-11-20(27-2)12-10-18)13-15-24(16-14-23)21(25)19-7-5-4-6-8-19/h7,9-12H,3-6,8,13-17H2,1-2H3. The van der Waals surface area contributed by atoms with Gasteiger partial charge in [-0.25, -0.2) is 0 Å². The molecule has 28 heavy (non-hydrogen) atoms. The predicted molar refractivity (Wildman–Crippen MR) is 108 cm³/mol. The molecule has 152 valence electrons. The number of carbonyl (C=O) groups excluding carboxylic acids is 2. The molecule has 0 N–H and O–H groups in total. The van der Waals surface area contributed by atoms with Crippen LogP contribution in [0.1, 0.15) is 51.0 Å². The first-order valence-electron chi connectivity index (χ1n) is 10.4. The molecule has 1 aromatic rings. The Hall–Kier alpha value is -2.30. The monoisotopic (exact) mass is 385 g/mol. The quantitative estimate of drug-likeness (QED) is 0.697. The molecular weight excluding hydrogens is 354 g/mol. The van der Waals surface area contributed by atoms with E-state index in [9.17, 15) is 9.59 Å². The highest BCUT2D eigenvalue weighted by Gasteiger charge is 2.43. The van der Waals surface area contributed by atoms with Crippen molar-refractivity contribution in [3.8, 4) is 5.75 Å². The maximum atomic E-state index is 12.9. The average molecular weight is 386 g/mol. The summed E-state index contributed by atoms with van der Waals surface area (Å²) in [5.41, 5.74) is 1.47. The molecule has 2 aliphatic rings. The third-order valence-electron chi connectivity index (χ3n) is 5.98. The maximum absolute atomic E-state index is 12.9. The van der Waals surface area contributed by atoms with Crippen molar-refractivity contribution < 1.29 is 19.1 Å². The lowest BCUT2D eigenvalue weighted by molar-refractivity contribution is -0.160. The third kappa shape index (κ3) is 4.57. The zero-order valence-corrected chi connectivity index (χ0v) is 17.0. The van der Waals surface area contributed by atoms with Crippen LogP contribution in [0.5, 0.6) is 5.75 Å². The lowest BCUT2D eigenvalue weighted by Gasteiger charge is -2.40. The van der Waals surface area contributed by atoms with Crippen LogP contribution in [0.4, 0.5) is 0 Å². The fourth-order valence-electron chi connectivity index (χ4n) is 4.24. The number of benzene rings is 1. The summed E-state index contributed by atoms with van der Waals surface area (Å²) in [7, 11) is 1.64. The zero-order chi connectivity index (χ0) is 20.0. The Labute approximate surface area is 167 Å². The molecule has 1 amide bonds. The second-order valence-electron chi connectivity index (χ2n) is 7.79. The molecule has 5 nitrogen and oxygen atoms in total. The second kappa shape index (κ2) is 9.26. The minimum atomic E-state index is -0.567. The van der Waals surface area contributed by atoms with Crippen molar-refractivity contribution >= 4 is 11.9 Å². The van der Waals surface area contributed by atoms with Crippen molar-refractivity contribution in [2.75, 3.05) is 26.8 Å². The minimum Gasteiger partial charge on any atom is -0.497 e. The largest absolute Gasteiger partial charge is 0.497 e. The second-order valence-corrected chi connectivity index (χ2v) is 7.79. The average Bonchev–Trinajstić information content (AvgIpc) is 2.75. The van der Waals surface area contributed by atoms with Crippen molar-refractivity contribution in [2.45, 2.75) is 51.9 Å². The molecule has 0 saturated carbocycles. The van der Waals surface area contributed by atoms with E-state index in [1.54, 1.807) is 7.11 Å². The van der Waals surface area contributed by atoms with Crippen LogP contribution >= 0.6 is 0 Å². The van der Waals surface area contributed by atoms with Crippen molar-refractivity contribution in [3.63, 3.8) is 0 Å². The summed E-state index contributed by atoms with van der Waals surface area (Å²) in [4.78, 5) is 27.6. The molecule has 1 heterocycles. The normalized spacial score (nSPS) is 18.9. The van der Waals surface area contributed by atoms with Gasteiger partial charge >= 0.3 is 5.97 Å². The van der Waals surface area contributed by atoms with Gasteiger partial charge < -0.3 is 14.4 Å². The van der Waals surface area contributed by atoms with Crippen LogP contribution in [-0.2, 0) is 20.7 Å². The van der Waals surface area contributed by atoms with E-state index in [-0.39, 0.29) is 11.9 Å². The molecule has 0 radical (unpaired) electrons. The van der Waals surface area contributed by atoms with E-state index >= 15 is 0 Å². The Kier molecular flexibility index (Phi) is 6.76. The number of methoxy groups -OCH3 is 1. The SMILES string of the molecule is CCOC(=O)C1(Cc2ccc(OC)cc2)CCN(C(=O)C2=CCCCC2)CC1. The van der Waals surface area contributed by atoms with Crippen molar-refractivity contribution in [2.24, 2.45) is 5.41 Å². The van der Waals surface area contributed by atoms with Gasteiger partial charge in [0.1, 0.15) is 5.75 Å². The van der Waals surface area contributed by atoms with Crippen molar-refractivity contribution in [1.82, 2.24) is 4.90 Å². The number of nitrogens with zero attached hydrogens (tertiary/aromatic N) is 1. The Morgan fingerprint density at radius 1 is 1.11 bits per heavy atom. The molecule has 1 fully saturated rings. The van der Waals surface area contributed by atoms with Crippen LogP contribution in [-0.4, -0.2) is 43.6 Å². The number of carbonyl (C=O) groups is 2. The molecule has 0 bridgehead atoms. The number of amides is 1. The molecule has 5 heteroatoms. The van der Waals surface area contributed by atoms with E-state index in [0.29, 0.717) is 39.0 Å². The van der Waals surface area contributed by atoms with Gasteiger partial charge in [-0.2, -0.15) is 0 Å². The maximum Gasteiger partial charge on any atom is 0.312 e. The molecule has 3 rings (SSSR count). The van der Waals surface area contributed by atoms with Crippen LogP contribution in [0.3, 0.4) is 0 Å². The van der Waals surface area contributed by atoms with E-state index < -0.39 is 5.41 Å². The van der Waals surface area contributed by atoms with Crippen LogP contribution in [0.15, 0.2) is 35.9 Å². The molecule has 1 aromatic carbocycles. The smallest absolute Gasteiger partial charge is 0.312 e. The topological polar surface area (TPSA) is 55.8 Å². The van der Waals surface area contributed by atoms with E-state index in [1.165, 1.54) is 6.42 Å². The lowest BCUT2D eigenvalue weighted by Crippen LogP contribution is -2.48. The Bertz CT molecular complexity index is 715. The van der Waals surface area contributed by atoms with E-state index in [4.69, 9.17) is 9.47 Å². The Morgan fingerprint density at radius 3 is 2.39 bits per heavy atom. The molecule has 0 spiro atoms.